The van der Waals surface area contributed by atoms with E-state index in [4.69, 9.17) is 0 Å². The minimum absolute atomic E-state index is 0.0708. The number of nitrogens with zero attached hydrogens (tertiary/aromatic N) is 2. The highest BCUT2D eigenvalue weighted by molar-refractivity contribution is 8.00. The monoisotopic (exact) mass is 386 g/mol. The van der Waals surface area contributed by atoms with Gasteiger partial charge in [0.05, 0.1) is 4.87 Å². The Bertz CT molecular complexity index is 689. The maximum Gasteiger partial charge on any atom is 0.253 e. The van der Waals surface area contributed by atoms with Crippen molar-refractivity contribution < 1.29 is 9.59 Å². The SMILES string of the molecule is Cc1ccc(C(=O)N2CCC3(CC2)SCCN3C(=O)C2CCCCC2)cc1. The lowest BCUT2D eigenvalue weighted by Crippen LogP contribution is -2.55. The van der Waals surface area contributed by atoms with Gasteiger partial charge in [-0.25, -0.2) is 0 Å². The average molecular weight is 387 g/mol. The molecule has 0 atom stereocenters. The summed E-state index contributed by atoms with van der Waals surface area (Å²) in [6.45, 7) is 4.41. The van der Waals surface area contributed by atoms with E-state index in [-0.39, 0.29) is 16.7 Å². The van der Waals surface area contributed by atoms with Crippen molar-refractivity contribution in [3.8, 4) is 0 Å². The van der Waals surface area contributed by atoms with Crippen molar-refractivity contribution in [2.45, 2.75) is 56.7 Å². The van der Waals surface area contributed by atoms with Crippen LogP contribution in [-0.4, -0.2) is 51.9 Å². The van der Waals surface area contributed by atoms with Gasteiger partial charge in [-0.2, -0.15) is 0 Å². The fourth-order valence-electron chi connectivity index (χ4n) is 4.84. The Labute approximate surface area is 166 Å². The van der Waals surface area contributed by atoms with Gasteiger partial charge in [0.1, 0.15) is 0 Å². The van der Waals surface area contributed by atoms with Gasteiger partial charge in [0.25, 0.3) is 5.91 Å². The molecule has 0 aromatic heterocycles. The molecule has 1 aromatic carbocycles. The van der Waals surface area contributed by atoms with Crippen LogP contribution in [0.3, 0.4) is 0 Å². The third-order valence-electron chi connectivity index (χ3n) is 6.53. The lowest BCUT2D eigenvalue weighted by Gasteiger charge is -2.45. The minimum Gasteiger partial charge on any atom is -0.338 e. The van der Waals surface area contributed by atoms with E-state index >= 15 is 0 Å². The standard InChI is InChI=1S/C22H30N2O2S/c1-17-7-9-19(10-8-17)20(25)23-13-11-22(12-14-23)24(15-16-27-22)21(26)18-5-3-2-4-6-18/h7-10,18H,2-6,11-16H2,1H3. The van der Waals surface area contributed by atoms with Crippen molar-refractivity contribution in [1.82, 2.24) is 9.80 Å². The van der Waals surface area contributed by atoms with Crippen LogP contribution in [0.2, 0.25) is 0 Å². The molecule has 3 aliphatic rings. The highest BCUT2D eigenvalue weighted by atomic mass is 32.2. The molecule has 3 fully saturated rings. The van der Waals surface area contributed by atoms with Gasteiger partial charge < -0.3 is 9.80 Å². The van der Waals surface area contributed by atoms with E-state index in [1.165, 1.54) is 24.8 Å². The summed E-state index contributed by atoms with van der Waals surface area (Å²) in [6.07, 6.45) is 7.59. The molecule has 2 heterocycles. The molecule has 2 saturated heterocycles. The highest BCUT2D eigenvalue weighted by Crippen LogP contribution is 2.45. The van der Waals surface area contributed by atoms with Crippen molar-refractivity contribution in [3.05, 3.63) is 35.4 Å². The summed E-state index contributed by atoms with van der Waals surface area (Å²) in [5.41, 5.74) is 1.94. The zero-order valence-electron chi connectivity index (χ0n) is 16.3. The Morgan fingerprint density at radius 2 is 1.67 bits per heavy atom. The molecule has 0 radical (unpaired) electrons. The first kappa shape index (κ1) is 18.9. The summed E-state index contributed by atoms with van der Waals surface area (Å²) in [6, 6.07) is 7.84. The molecule has 2 aliphatic heterocycles. The summed E-state index contributed by atoms with van der Waals surface area (Å²) in [5.74, 6) is 1.78. The lowest BCUT2D eigenvalue weighted by molar-refractivity contribution is -0.140. The fraction of sp³-hybridized carbons (Fsp3) is 0.636. The number of amides is 2. The van der Waals surface area contributed by atoms with Crippen molar-refractivity contribution >= 4 is 23.6 Å². The van der Waals surface area contributed by atoms with Crippen LogP contribution in [0.25, 0.3) is 0 Å². The second kappa shape index (κ2) is 7.86. The zero-order valence-corrected chi connectivity index (χ0v) is 17.1. The number of benzene rings is 1. The van der Waals surface area contributed by atoms with Gasteiger partial charge >= 0.3 is 0 Å². The van der Waals surface area contributed by atoms with Crippen LogP contribution in [0.15, 0.2) is 24.3 Å². The quantitative estimate of drug-likeness (QED) is 0.769. The fourth-order valence-corrected chi connectivity index (χ4v) is 6.30. The van der Waals surface area contributed by atoms with Gasteiger partial charge in [-0.15, -0.1) is 11.8 Å². The molecule has 27 heavy (non-hydrogen) atoms. The van der Waals surface area contributed by atoms with E-state index in [9.17, 15) is 9.59 Å². The molecule has 0 N–H and O–H groups in total. The van der Waals surface area contributed by atoms with Gasteiger partial charge in [0.15, 0.2) is 0 Å². The van der Waals surface area contributed by atoms with E-state index in [0.29, 0.717) is 5.91 Å². The van der Waals surface area contributed by atoms with E-state index in [1.807, 2.05) is 47.9 Å². The lowest BCUT2D eigenvalue weighted by atomic mass is 9.87. The first-order chi connectivity index (χ1) is 13.1. The van der Waals surface area contributed by atoms with Gasteiger partial charge in [0.2, 0.25) is 5.91 Å². The van der Waals surface area contributed by atoms with Crippen LogP contribution in [0.5, 0.6) is 0 Å². The van der Waals surface area contributed by atoms with Crippen LogP contribution in [0, 0.1) is 12.8 Å². The second-order valence-corrected chi connectivity index (χ2v) is 9.73. The van der Waals surface area contributed by atoms with Crippen molar-refractivity contribution in [2.24, 2.45) is 5.92 Å². The summed E-state index contributed by atoms with van der Waals surface area (Å²) < 4.78 is 0. The number of carbonyl (C=O) groups excluding carboxylic acids is 2. The first-order valence-corrected chi connectivity index (χ1v) is 11.4. The molecule has 4 rings (SSSR count). The number of thioether (sulfide) groups is 1. The van der Waals surface area contributed by atoms with Gasteiger partial charge in [-0.05, 0) is 44.7 Å². The predicted octanol–water partition coefficient (Wildman–Crippen LogP) is 4.08. The van der Waals surface area contributed by atoms with Crippen molar-refractivity contribution in [1.29, 1.82) is 0 Å². The first-order valence-electron chi connectivity index (χ1n) is 10.4. The number of hydrogen-bond donors (Lipinski definition) is 0. The van der Waals surface area contributed by atoms with Gasteiger partial charge in [0, 0.05) is 36.9 Å². The molecular weight excluding hydrogens is 356 g/mol. The van der Waals surface area contributed by atoms with Crippen molar-refractivity contribution in [2.75, 3.05) is 25.4 Å². The molecule has 1 aliphatic carbocycles. The third kappa shape index (κ3) is 3.75. The molecule has 0 unspecified atom stereocenters. The molecule has 4 nitrogen and oxygen atoms in total. The second-order valence-electron chi connectivity index (χ2n) is 8.28. The smallest absolute Gasteiger partial charge is 0.253 e. The van der Waals surface area contributed by atoms with Crippen LogP contribution >= 0.6 is 11.8 Å². The average Bonchev–Trinajstić information content (AvgIpc) is 3.11. The van der Waals surface area contributed by atoms with Crippen LogP contribution in [-0.2, 0) is 4.79 Å². The maximum absolute atomic E-state index is 13.2. The summed E-state index contributed by atoms with van der Waals surface area (Å²) in [7, 11) is 0. The molecule has 5 heteroatoms. The Morgan fingerprint density at radius 3 is 2.33 bits per heavy atom. The molecule has 1 saturated carbocycles. The number of carbonyl (C=O) groups is 2. The van der Waals surface area contributed by atoms with Crippen molar-refractivity contribution in [3.63, 3.8) is 0 Å². The van der Waals surface area contributed by atoms with E-state index in [1.54, 1.807) is 0 Å². The number of likely N-dealkylation sites (tertiary alicyclic amines) is 1. The molecule has 1 aromatic rings. The molecule has 1 spiro atoms. The van der Waals surface area contributed by atoms with E-state index in [0.717, 1.165) is 56.6 Å². The van der Waals surface area contributed by atoms with Gasteiger partial charge in [-0.1, -0.05) is 37.0 Å². The molecule has 146 valence electrons. The molecule has 0 bridgehead atoms. The Morgan fingerprint density at radius 1 is 1.00 bits per heavy atom. The maximum atomic E-state index is 13.2. The third-order valence-corrected chi connectivity index (χ3v) is 8.08. The topological polar surface area (TPSA) is 40.6 Å². The highest BCUT2D eigenvalue weighted by Gasteiger charge is 2.48. The Balaban J connectivity index is 1.41. The number of aryl methyl sites for hydroxylation is 1. The predicted molar refractivity (Wildman–Crippen MR) is 110 cm³/mol. The Kier molecular flexibility index (Phi) is 5.49. The number of piperidine rings is 1. The summed E-state index contributed by atoms with van der Waals surface area (Å²) in [4.78, 5) is 30.1. The largest absolute Gasteiger partial charge is 0.338 e. The number of hydrogen-bond acceptors (Lipinski definition) is 3. The number of rotatable bonds is 2. The summed E-state index contributed by atoms with van der Waals surface area (Å²) in [5, 5.41) is 0. The molecular formula is C22H30N2O2S. The van der Waals surface area contributed by atoms with Crippen LogP contribution in [0.4, 0.5) is 0 Å². The van der Waals surface area contributed by atoms with E-state index in [2.05, 4.69) is 4.90 Å². The zero-order chi connectivity index (χ0) is 18.9. The van der Waals surface area contributed by atoms with Gasteiger partial charge in [-0.3, -0.25) is 9.59 Å². The normalized spacial score (nSPS) is 23.0. The van der Waals surface area contributed by atoms with Crippen LogP contribution < -0.4 is 0 Å². The Hall–Kier alpha value is -1.49. The van der Waals surface area contributed by atoms with E-state index < -0.39 is 0 Å². The van der Waals surface area contributed by atoms with Crippen LogP contribution in [0.1, 0.15) is 60.9 Å². The minimum atomic E-state index is -0.0708. The molecule has 2 amide bonds. The summed E-state index contributed by atoms with van der Waals surface area (Å²) >= 11 is 1.94.